The monoisotopic (exact) mass is 306 g/mol. The van der Waals surface area contributed by atoms with E-state index in [0.717, 1.165) is 36.8 Å². The maximum absolute atomic E-state index is 11.7. The largest absolute Gasteiger partial charge is 0.496 e. The highest BCUT2D eigenvalue weighted by Crippen LogP contribution is 2.49. The van der Waals surface area contributed by atoms with E-state index in [1.165, 1.54) is 7.11 Å². The van der Waals surface area contributed by atoms with Crippen LogP contribution in [0.25, 0.3) is 0 Å². The molecule has 0 spiro atoms. The van der Waals surface area contributed by atoms with E-state index in [4.69, 9.17) is 4.74 Å². The third-order valence-electron chi connectivity index (χ3n) is 4.25. The number of aromatic carboxylic acids is 2. The lowest BCUT2D eigenvalue weighted by atomic mass is 9.86. The number of carboxylic acid groups (broad SMARTS) is 2. The van der Waals surface area contributed by atoms with Gasteiger partial charge >= 0.3 is 11.9 Å². The Morgan fingerprint density at radius 3 is 2.18 bits per heavy atom. The van der Waals surface area contributed by atoms with Crippen LogP contribution in [0.2, 0.25) is 0 Å². The fourth-order valence-electron chi connectivity index (χ4n) is 3.10. The van der Waals surface area contributed by atoms with Crippen LogP contribution in [0.3, 0.4) is 0 Å². The first-order valence-corrected chi connectivity index (χ1v) is 7.63. The molecular weight excluding hydrogens is 284 g/mol. The maximum Gasteiger partial charge on any atom is 0.339 e. The highest BCUT2D eigenvalue weighted by Gasteiger charge is 2.36. The van der Waals surface area contributed by atoms with Crippen LogP contribution in [0.5, 0.6) is 5.75 Å². The second-order valence-electron chi connectivity index (χ2n) is 5.79. The Bertz CT molecular complexity index is 614. The number of carboxylic acids is 2. The van der Waals surface area contributed by atoms with Crippen molar-refractivity contribution in [3.8, 4) is 5.75 Å². The molecule has 0 unspecified atom stereocenters. The molecule has 2 rings (SSSR count). The van der Waals surface area contributed by atoms with Crippen molar-refractivity contribution in [1.82, 2.24) is 0 Å². The van der Waals surface area contributed by atoms with Gasteiger partial charge < -0.3 is 14.9 Å². The van der Waals surface area contributed by atoms with Crippen LogP contribution < -0.4 is 4.74 Å². The first-order valence-electron chi connectivity index (χ1n) is 7.63. The predicted octanol–water partition coefficient (Wildman–Crippen LogP) is 3.62. The Kier molecular flexibility index (Phi) is 4.74. The first-order chi connectivity index (χ1) is 10.4. The topological polar surface area (TPSA) is 83.8 Å². The Morgan fingerprint density at radius 1 is 1.18 bits per heavy atom. The number of ether oxygens (including phenoxy) is 1. The molecule has 1 aliphatic rings. The van der Waals surface area contributed by atoms with Crippen LogP contribution in [-0.4, -0.2) is 29.3 Å². The summed E-state index contributed by atoms with van der Waals surface area (Å²) < 4.78 is 5.40. The van der Waals surface area contributed by atoms with Crippen LogP contribution in [0, 0.1) is 6.92 Å². The van der Waals surface area contributed by atoms with Gasteiger partial charge in [0, 0.05) is 5.56 Å². The molecule has 5 heteroatoms. The van der Waals surface area contributed by atoms with Crippen LogP contribution in [0.4, 0.5) is 0 Å². The van der Waals surface area contributed by atoms with Crippen LogP contribution in [0.1, 0.15) is 75.9 Å². The van der Waals surface area contributed by atoms with Crippen molar-refractivity contribution in [2.24, 2.45) is 0 Å². The van der Waals surface area contributed by atoms with Crippen molar-refractivity contribution >= 4 is 11.9 Å². The molecule has 0 saturated heterocycles. The zero-order valence-corrected chi connectivity index (χ0v) is 13.2. The lowest BCUT2D eigenvalue weighted by molar-refractivity contribution is 0.0692. The second kappa shape index (κ2) is 6.38. The smallest absolute Gasteiger partial charge is 0.339 e. The first kappa shape index (κ1) is 16.3. The SMILES string of the molecule is CCCCc1c(C(=O)O)c(C)c(C(=O)O)c(OC)c1C1CC1. The van der Waals surface area contributed by atoms with Crippen molar-refractivity contribution in [2.45, 2.75) is 51.9 Å². The average molecular weight is 306 g/mol. The maximum atomic E-state index is 11.7. The minimum atomic E-state index is -1.14. The van der Waals surface area contributed by atoms with Crippen molar-refractivity contribution in [3.05, 3.63) is 27.8 Å². The summed E-state index contributed by atoms with van der Waals surface area (Å²) in [5, 5.41) is 19.1. The molecule has 1 fully saturated rings. The molecular formula is C17H22O5. The van der Waals surface area contributed by atoms with Crippen molar-refractivity contribution in [1.29, 1.82) is 0 Å². The Hall–Kier alpha value is -2.04. The summed E-state index contributed by atoms with van der Waals surface area (Å²) in [6.45, 7) is 3.61. The van der Waals surface area contributed by atoms with Crippen molar-refractivity contribution in [2.75, 3.05) is 7.11 Å². The minimum Gasteiger partial charge on any atom is -0.496 e. The number of unbranched alkanes of at least 4 members (excludes halogenated alkanes) is 1. The number of benzene rings is 1. The van der Waals surface area contributed by atoms with Gasteiger partial charge in [0.1, 0.15) is 11.3 Å². The summed E-state index contributed by atoms with van der Waals surface area (Å²) >= 11 is 0. The highest BCUT2D eigenvalue weighted by molar-refractivity contribution is 6.00. The lowest BCUT2D eigenvalue weighted by Gasteiger charge is -2.21. The molecule has 0 bridgehead atoms. The van der Waals surface area contributed by atoms with E-state index < -0.39 is 11.9 Å². The molecule has 1 aliphatic carbocycles. The van der Waals surface area contributed by atoms with Crippen LogP contribution in [0.15, 0.2) is 0 Å². The molecule has 0 radical (unpaired) electrons. The number of carbonyl (C=O) groups is 2. The molecule has 1 aromatic rings. The molecule has 0 aromatic heterocycles. The molecule has 0 aliphatic heterocycles. The molecule has 2 N–H and O–H groups in total. The van der Waals surface area contributed by atoms with E-state index in [9.17, 15) is 19.8 Å². The van der Waals surface area contributed by atoms with E-state index >= 15 is 0 Å². The van der Waals surface area contributed by atoms with Gasteiger partial charge in [-0.1, -0.05) is 13.3 Å². The molecule has 0 amide bonds. The zero-order valence-electron chi connectivity index (χ0n) is 13.2. The quantitative estimate of drug-likeness (QED) is 0.803. The van der Waals surface area contributed by atoms with Crippen LogP contribution >= 0.6 is 0 Å². The minimum absolute atomic E-state index is 0.0120. The predicted molar refractivity (Wildman–Crippen MR) is 82.2 cm³/mol. The highest BCUT2D eigenvalue weighted by atomic mass is 16.5. The summed E-state index contributed by atoms with van der Waals surface area (Å²) in [5.41, 5.74) is 1.98. The van der Waals surface area contributed by atoms with Gasteiger partial charge in [-0.25, -0.2) is 9.59 Å². The van der Waals surface area contributed by atoms with Crippen molar-refractivity contribution in [3.63, 3.8) is 0 Å². The third-order valence-corrected chi connectivity index (χ3v) is 4.25. The van der Waals surface area contributed by atoms with E-state index in [1.54, 1.807) is 6.92 Å². The molecule has 22 heavy (non-hydrogen) atoms. The normalized spacial score (nSPS) is 14.0. The van der Waals surface area contributed by atoms with E-state index in [0.29, 0.717) is 12.2 Å². The Labute approximate surface area is 129 Å². The number of rotatable bonds is 7. The Morgan fingerprint density at radius 2 is 1.77 bits per heavy atom. The summed E-state index contributed by atoms with van der Waals surface area (Å²) in [7, 11) is 1.46. The third kappa shape index (κ3) is 2.80. The molecule has 120 valence electrons. The second-order valence-corrected chi connectivity index (χ2v) is 5.79. The van der Waals surface area contributed by atoms with Gasteiger partial charge in [-0.15, -0.1) is 0 Å². The number of methoxy groups -OCH3 is 1. The van der Waals surface area contributed by atoms with Gasteiger partial charge in [0.15, 0.2) is 0 Å². The lowest BCUT2D eigenvalue weighted by Crippen LogP contribution is -2.16. The summed E-state index contributed by atoms with van der Waals surface area (Å²) in [6, 6.07) is 0. The van der Waals surface area contributed by atoms with Gasteiger partial charge in [0.05, 0.1) is 12.7 Å². The molecule has 0 atom stereocenters. The van der Waals surface area contributed by atoms with Gasteiger partial charge in [-0.3, -0.25) is 0 Å². The molecule has 5 nitrogen and oxygen atoms in total. The van der Waals surface area contributed by atoms with Crippen LogP contribution in [-0.2, 0) is 6.42 Å². The van der Waals surface area contributed by atoms with Crippen molar-refractivity contribution < 1.29 is 24.5 Å². The van der Waals surface area contributed by atoms with E-state index in [2.05, 4.69) is 0 Å². The summed E-state index contributed by atoms with van der Waals surface area (Å²) in [5.74, 6) is -1.63. The average Bonchev–Trinajstić information content (AvgIpc) is 3.27. The molecule has 1 saturated carbocycles. The number of hydrogen-bond acceptors (Lipinski definition) is 3. The standard InChI is InChI=1S/C17H22O5/c1-4-5-6-11-12(16(18)19)9(2)13(17(20)21)15(22-3)14(11)10-7-8-10/h10H,4-8H2,1-3H3,(H,18,19)(H,20,21). The molecule has 1 aromatic carbocycles. The molecule has 0 heterocycles. The Balaban J connectivity index is 2.81. The zero-order chi connectivity index (χ0) is 16.4. The summed E-state index contributed by atoms with van der Waals surface area (Å²) in [4.78, 5) is 23.4. The fourth-order valence-corrected chi connectivity index (χ4v) is 3.10. The summed E-state index contributed by atoms with van der Waals surface area (Å²) in [6.07, 6.45) is 4.37. The van der Waals surface area contributed by atoms with E-state index in [-0.39, 0.29) is 22.6 Å². The van der Waals surface area contributed by atoms with Gasteiger partial charge in [0.2, 0.25) is 0 Å². The van der Waals surface area contributed by atoms with Gasteiger partial charge in [-0.2, -0.15) is 0 Å². The fraction of sp³-hybridized carbons (Fsp3) is 0.529. The number of hydrogen-bond donors (Lipinski definition) is 2. The van der Waals surface area contributed by atoms with E-state index in [1.807, 2.05) is 6.92 Å². The van der Waals surface area contributed by atoms with Gasteiger partial charge in [-0.05, 0) is 49.7 Å². The van der Waals surface area contributed by atoms with Gasteiger partial charge in [0.25, 0.3) is 0 Å².